The van der Waals surface area contributed by atoms with Crippen molar-refractivity contribution in [2.24, 2.45) is 5.92 Å². The van der Waals surface area contributed by atoms with E-state index in [1.165, 1.54) is 27.9 Å². The van der Waals surface area contributed by atoms with Crippen LogP contribution >= 0.6 is 0 Å². The molecule has 1 aliphatic rings. The molecule has 0 radical (unpaired) electrons. The summed E-state index contributed by atoms with van der Waals surface area (Å²) < 4.78 is 57.8. The van der Waals surface area contributed by atoms with Gasteiger partial charge in [0.25, 0.3) is 0 Å². The molecule has 0 atom stereocenters. The quantitative estimate of drug-likeness (QED) is 0.702. The molecule has 0 saturated carbocycles. The van der Waals surface area contributed by atoms with Crippen molar-refractivity contribution in [1.29, 1.82) is 0 Å². The van der Waals surface area contributed by atoms with Gasteiger partial charge in [-0.2, -0.15) is 8.61 Å². The molecule has 1 aromatic rings. The Hall–Kier alpha value is -1.16. The first-order valence-corrected chi connectivity index (χ1v) is 11.3. The molecule has 0 unspecified atom stereocenters. The van der Waals surface area contributed by atoms with Gasteiger partial charge in [-0.3, -0.25) is 0 Å². The van der Waals surface area contributed by atoms with Crippen LogP contribution in [0.3, 0.4) is 0 Å². The van der Waals surface area contributed by atoms with Crippen molar-refractivity contribution in [2.45, 2.75) is 25.2 Å². The van der Waals surface area contributed by atoms with Crippen molar-refractivity contribution in [1.82, 2.24) is 8.61 Å². The second-order valence-electron chi connectivity index (χ2n) is 6.48. The smallest absolute Gasteiger partial charge is 0.243 e. The Bertz CT molecular complexity index is 765. The number of nitrogens with zero attached hydrogens (tertiary/aromatic N) is 2. The van der Waals surface area contributed by atoms with Gasteiger partial charge in [-0.1, -0.05) is 13.8 Å². The van der Waals surface area contributed by atoms with Gasteiger partial charge < -0.3 is 4.74 Å². The van der Waals surface area contributed by atoms with Gasteiger partial charge in [0.2, 0.25) is 20.0 Å². The van der Waals surface area contributed by atoms with Gasteiger partial charge in [0.15, 0.2) is 0 Å². The first-order valence-electron chi connectivity index (χ1n) is 8.29. The Balaban J connectivity index is 2.03. The zero-order valence-electron chi connectivity index (χ0n) is 14.9. The highest BCUT2D eigenvalue weighted by Gasteiger charge is 2.32. The van der Waals surface area contributed by atoms with Crippen molar-refractivity contribution in [3.8, 4) is 5.75 Å². The second-order valence-corrected chi connectivity index (χ2v) is 10.5. The maximum absolute atomic E-state index is 12.7. The standard InChI is InChI=1S/C16H26N2O5S2/c1-14(2)8-13-24(19,20)17-9-11-18(12-10-17)25(21,22)16-6-4-15(23-3)5-7-16/h4-7,14H,8-13H2,1-3H3. The van der Waals surface area contributed by atoms with Gasteiger partial charge in [0, 0.05) is 26.2 Å². The highest BCUT2D eigenvalue weighted by atomic mass is 32.2. The molecule has 1 aliphatic heterocycles. The van der Waals surface area contributed by atoms with Crippen molar-refractivity contribution in [2.75, 3.05) is 39.0 Å². The highest BCUT2D eigenvalue weighted by molar-refractivity contribution is 7.89. The van der Waals surface area contributed by atoms with Crippen LogP contribution in [0.5, 0.6) is 5.75 Å². The molecule has 7 nitrogen and oxygen atoms in total. The van der Waals surface area contributed by atoms with Crippen LogP contribution in [0, 0.1) is 5.92 Å². The van der Waals surface area contributed by atoms with Gasteiger partial charge in [0.05, 0.1) is 17.8 Å². The molecular weight excluding hydrogens is 364 g/mol. The maximum atomic E-state index is 12.7. The molecule has 0 aliphatic carbocycles. The molecule has 142 valence electrons. The van der Waals surface area contributed by atoms with E-state index in [9.17, 15) is 16.8 Å². The van der Waals surface area contributed by atoms with Crippen LogP contribution in [0.2, 0.25) is 0 Å². The normalized spacial score (nSPS) is 17.8. The van der Waals surface area contributed by atoms with Gasteiger partial charge in [-0.15, -0.1) is 0 Å². The summed E-state index contributed by atoms with van der Waals surface area (Å²) >= 11 is 0. The molecule has 0 bridgehead atoms. The highest BCUT2D eigenvalue weighted by Crippen LogP contribution is 2.21. The fourth-order valence-electron chi connectivity index (χ4n) is 2.60. The average Bonchev–Trinajstić information content (AvgIpc) is 2.60. The lowest BCUT2D eigenvalue weighted by Crippen LogP contribution is -2.50. The number of methoxy groups -OCH3 is 1. The van der Waals surface area contributed by atoms with E-state index in [0.717, 1.165) is 0 Å². The summed E-state index contributed by atoms with van der Waals surface area (Å²) in [6.45, 7) is 4.67. The number of hydrogen-bond donors (Lipinski definition) is 0. The van der Waals surface area contributed by atoms with E-state index in [1.807, 2.05) is 13.8 Å². The first kappa shape index (κ1) is 20.2. The van der Waals surface area contributed by atoms with Crippen LogP contribution < -0.4 is 4.74 Å². The van der Waals surface area contributed by atoms with E-state index in [2.05, 4.69) is 0 Å². The Kier molecular flexibility index (Phi) is 6.47. The molecule has 9 heteroatoms. The lowest BCUT2D eigenvalue weighted by Gasteiger charge is -2.33. The summed E-state index contributed by atoms with van der Waals surface area (Å²) in [6.07, 6.45) is 0.604. The summed E-state index contributed by atoms with van der Waals surface area (Å²) in [7, 11) is -5.43. The monoisotopic (exact) mass is 390 g/mol. The van der Waals surface area contributed by atoms with E-state index < -0.39 is 20.0 Å². The Labute approximate surface area is 150 Å². The van der Waals surface area contributed by atoms with E-state index in [0.29, 0.717) is 18.1 Å². The Morgan fingerprint density at radius 2 is 1.48 bits per heavy atom. The number of ether oxygens (including phenoxy) is 1. The van der Waals surface area contributed by atoms with E-state index in [-0.39, 0.29) is 36.8 Å². The minimum Gasteiger partial charge on any atom is -0.497 e. The van der Waals surface area contributed by atoms with Gasteiger partial charge in [-0.05, 0) is 36.6 Å². The summed E-state index contributed by atoms with van der Waals surface area (Å²) in [5, 5.41) is 0. The maximum Gasteiger partial charge on any atom is 0.243 e. The molecular formula is C16H26N2O5S2. The molecule has 0 spiro atoms. The number of piperazine rings is 1. The second kappa shape index (κ2) is 8.03. The third-order valence-corrected chi connectivity index (χ3v) is 8.06. The molecule has 2 rings (SSSR count). The minimum atomic E-state index is -3.63. The lowest BCUT2D eigenvalue weighted by molar-refractivity contribution is 0.272. The Morgan fingerprint density at radius 1 is 0.960 bits per heavy atom. The van der Waals surface area contributed by atoms with Crippen LogP contribution in [0.25, 0.3) is 0 Å². The van der Waals surface area contributed by atoms with Crippen LogP contribution in [0.4, 0.5) is 0 Å². The fraction of sp³-hybridized carbons (Fsp3) is 0.625. The number of rotatable bonds is 7. The third-order valence-electron chi connectivity index (χ3n) is 4.24. The molecule has 1 saturated heterocycles. The summed E-state index contributed by atoms with van der Waals surface area (Å²) in [6, 6.07) is 6.19. The van der Waals surface area contributed by atoms with Gasteiger partial charge >= 0.3 is 0 Å². The average molecular weight is 391 g/mol. The summed E-state index contributed by atoms with van der Waals surface area (Å²) in [5.74, 6) is 1.00. The zero-order valence-corrected chi connectivity index (χ0v) is 16.5. The Morgan fingerprint density at radius 3 is 1.96 bits per heavy atom. The van der Waals surface area contributed by atoms with E-state index >= 15 is 0 Å². The molecule has 0 N–H and O–H groups in total. The van der Waals surface area contributed by atoms with Crippen LogP contribution in [0.15, 0.2) is 29.2 Å². The van der Waals surface area contributed by atoms with Crippen molar-refractivity contribution >= 4 is 20.0 Å². The third kappa shape index (κ3) is 4.93. The predicted molar refractivity (Wildman–Crippen MR) is 96.6 cm³/mol. The van der Waals surface area contributed by atoms with Gasteiger partial charge in [0.1, 0.15) is 5.75 Å². The van der Waals surface area contributed by atoms with E-state index in [4.69, 9.17) is 4.74 Å². The van der Waals surface area contributed by atoms with Crippen LogP contribution in [0.1, 0.15) is 20.3 Å². The van der Waals surface area contributed by atoms with Crippen molar-refractivity contribution in [3.63, 3.8) is 0 Å². The number of sulfonamides is 2. The van der Waals surface area contributed by atoms with Crippen molar-refractivity contribution in [3.05, 3.63) is 24.3 Å². The SMILES string of the molecule is COc1ccc(S(=O)(=O)N2CCN(S(=O)(=O)CCC(C)C)CC2)cc1. The minimum absolute atomic E-state index is 0.107. The molecule has 1 heterocycles. The first-order chi connectivity index (χ1) is 11.7. The molecule has 1 aromatic carbocycles. The number of benzene rings is 1. The van der Waals surface area contributed by atoms with Crippen molar-refractivity contribution < 1.29 is 21.6 Å². The summed E-state index contributed by atoms with van der Waals surface area (Å²) in [4.78, 5) is 0.185. The topological polar surface area (TPSA) is 84.0 Å². The molecule has 25 heavy (non-hydrogen) atoms. The zero-order chi connectivity index (χ0) is 18.7. The molecule has 1 fully saturated rings. The largest absolute Gasteiger partial charge is 0.497 e. The van der Waals surface area contributed by atoms with Crippen LogP contribution in [-0.4, -0.2) is 64.5 Å². The summed E-state index contributed by atoms with van der Waals surface area (Å²) in [5.41, 5.74) is 0. The van der Waals surface area contributed by atoms with Crippen LogP contribution in [-0.2, 0) is 20.0 Å². The fourth-order valence-corrected chi connectivity index (χ4v) is 5.77. The molecule has 0 aromatic heterocycles. The molecule has 0 amide bonds. The number of hydrogen-bond acceptors (Lipinski definition) is 5. The predicted octanol–water partition coefficient (Wildman–Crippen LogP) is 1.38. The van der Waals surface area contributed by atoms with Gasteiger partial charge in [-0.25, -0.2) is 16.8 Å². The van der Waals surface area contributed by atoms with E-state index in [1.54, 1.807) is 12.1 Å². The lowest BCUT2D eigenvalue weighted by atomic mass is 10.2.